The molecule has 0 spiro atoms. The lowest BCUT2D eigenvalue weighted by molar-refractivity contribution is 0.0895. The second kappa shape index (κ2) is 8.36. The highest BCUT2D eigenvalue weighted by Crippen LogP contribution is 2.39. The molecule has 148 valence electrons. The summed E-state index contributed by atoms with van der Waals surface area (Å²) in [5.74, 6) is -0.596. The van der Waals surface area contributed by atoms with Crippen molar-refractivity contribution in [3.8, 4) is 11.5 Å². The van der Waals surface area contributed by atoms with E-state index >= 15 is 0 Å². The van der Waals surface area contributed by atoms with Gasteiger partial charge in [0.25, 0.3) is 0 Å². The standard InChI is InChI=1S/C24H29NO3/c1-27-22-14-19-13-20(24(26)21(19)15-23(22)28-2)12-17-8-10-25(11-9-17)16-18-6-4-3-5-7-18/h3-7,14-15,17,20H,8-13,16H2,1-2H3/i12D,20D. The van der Waals surface area contributed by atoms with Gasteiger partial charge in [-0.25, -0.2) is 0 Å². The summed E-state index contributed by atoms with van der Waals surface area (Å²) in [5.41, 5.74) is 2.58. The maximum Gasteiger partial charge on any atom is 0.166 e. The molecule has 1 saturated heterocycles. The molecule has 2 aliphatic rings. The smallest absolute Gasteiger partial charge is 0.166 e. The fourth-order valence-electron chi connectivity index (χ4n) is 4.28. The number of carbonyl (C=O) groups excluding carboxylic acids is 1. The van der Waals surface area contributed by atoms with Gasteiger partial charge in [-0.15, -0.1) is 0 Å². The van der Waals surface area contributed by atoms with Gasteiger partial charge in [-0.1, -0.05) is 30.3 Å². The lowest BCUT2D eigenvalue weighted by Crippen LogP contribution is -2.34. The van der Waals surface area contributed by atoms with Crippen LogP contribution in [0.25, 0.3) is 0 Å². The van der Waals surface area contributed by atoms with Crippen molar-refractivity contribution in [2.75, 3.05) is 27.3 Å². The third-order valence-electron chi connectivity index (χ3n) is 5.84. The Labute approximate surface area is 170 Å². The first-order valence-electron chi connectivity index (χ1n) is 11.0. The Morgan fingerprint density at radius 1 is 1.11 bits per heavy atom. The van der Waals surface area contributed by atoms with E-state index in [-0.39, 0.29) is 18.1 Å². The average molecular weight is 382 g/mol. The van der Waals surface area contributed by atoms with E-state index in [1.165, 1.54) is 12.7 Å². The normalized spacial score (nSPS) is 25.0. The predicted octanol–water partition coefficient (Wildman–Crippen LogP) is 4.36. The van der Waals surface area contributed by atoms with Crippen LogP contribution in [0.2, 0.25) is 0 Å². The lowest BCUT2D eigenvalue weighted by atomic mass is 9.85. The Morgan fingerprint density at radius 2 is 1.79 bits per heavy atom. The van der Waals surface area contributed by atoms with Crippen molar-refractivity contribution >= 4 is 5.78 Å². The van der Waals surface area contributed by atoms with Gasteiger partial charge in [0.1, 0.15) is 0 Å². The van der Waals surface area contributed by atoms with Crippen LogP contribution in [0, 0.1) is 11.8 Å². The molecule has 0 saturated carbocycles. The molecule has 4 heteroatoms. The number of ketones is 1. The Morgan fingerprint density at radius 3 is 2.46 bits per heavy atom. The number of carbonyl (C=O) groups is 1. The number of piperidine rings is 1. The maximum atomic E-state index is 13.2. The van der Waals surface area contributed by atoms with Gasteiger partial charge in [-0.3, -0.25) is 9.69 Å². The van der Waals surface area contributed by atoms with Crippen molar-refractivity contribution < 1.29 is 17.0 Å². The fraction of sp³-hybridized carbons (Fsp3) is 0.458. The van der Waals surface area contributed by atoms with Crippen LogP contribution in [0.4, 0.5) is 0 Å². The molecular formula is C24H29NO3. The SMILES string of the molecule is [2H]C(C1CCN(Cc2ccccc2)CC1)C1([2H])Cc2cc(OC)c(OC)cc2C1=O. The van der Waals surface area contributed by atoms with Crippen molar-refractivity contribution in [1.82, 2.24) is 4.90 Å². The summed E-state index contributed by atoms with van der Waals surface area (Å²) in [5, 5.41) is 0. The summed E-state index contributed by atoms with van der Waals surface area (Å²) in [7, 11) is 3.10. The van der Waals surface area contributed by atoms with Gasteiger partial charge in [0, 0.05) is 20.7 Å². The number of fused-ring (bicyclic) bond motifs is 1. The molecule has 0 aromatic heterocycles. The van der Waals surface area contributed by atoms with Crippen molar-refractivity contribution in [2.24, 2.45) is 11.8 Å². The van der Waals surface area contributed by atoms with Gasteiger partial charge in [0.15, 0.2) is 17.3 Å². The molecule has 1 fully saturated rings. The Hall–Kier alpha value is -2.33. The topological polar surface area (TPSA) is 38.8 Å². The van der Waals surface area contributed by atoms with Gasteiger partial charge >= 0.3 is 0 Å². The van der Waals surface area contributed by atoms with E-state index in [4.69, 9.17) is 12.2 Å². The maximum absolute atomic E-state index is 13.2. The van der Waals surface area contributed by atoms with Crippen LogP contribution in [-0.2, 0) is 13.0 Å². The fourth-order valence-corrected chi connectivity index (χ4v) is 4.28. The van der Waals surface area contributed by atoms with Crippen molar-refractivity contribution in [3.05, 3.63) is 59.2 Å². The summed E-state index contributed by atoms with van der Waals surface area (Å²) >= 11 is 0. The van der Waals surface area contributed by atoms with Crippen LogP contribution in [0.5, 0.6) is 11.5 Å². The number of nitrogens with zero attached hydrogens (tertiary/aromatic N) is 1. The number of hydrogen-bond donors (Lipinski definition) is 0. The Bertz CT molecular complexity index is 912. The number of hydrogen-bond acceptors (Lipinski definition) is 4. The highest BCUT2D eigenvalue weighted by Gasteiger charge is 2.34. The van der Waals surface area contributed by atoms with E-state index in [0.717, 1.165) is 38.0 Å². The highest BCUT2D eigenvalue weighted by molar-refractivity contribution is 6.02. The molecular weight excluding hydrogens is 350 g/mol. The molecule has 4 nitrogen and oxygen atoms in total. The lowest BCUT2D eigenvalue weighted by Gasteiger charge is -2.32. The summed E-state index contributed by atoms with van der Waals surface area (Å²) in [6.45, 7) is 2.70. The highest BCUT2D eigenvalue weighted by atomic mass is 16.5. The van der Waals surface area contributed by atoms with Crippen LogP contribution in [0.15, 0.2) is 42.5 Å². The second-order valence-corrected chi connectivity index (χ2v) is 7.66. The number of benzene rings is 2. The second-order valence-electron chi connectivity index (χ2n) is 7.66. The van der Waals surface area contributed by atoms with Gasteiger partial charge in [0.2, 0.25) is 0 Å². The summed E-state index contributed by atoms with van der Waals surface area (Å²) in [6, 6.07) is 13.9. The van der Waals surface area contributed by atoms with Gasteiger partial charge in [-0.2, -0.15) is 0 Å². The minimum absolute atomic E-state index is 0.0524. The molecule has 4 rings (SSSR count). The molecule has 0 radical (unpaired) electrons. The van der Waals surface area contributed by atoms with Crippen LogP contribution in [-0.4, -0.2) is 38.0 Å². The van der Waals surface area contributed by atoms with E-state index < -0.39 is 12.3 Å². The number of Topliss-reactive ketones (excluding diaryl/α,β-unsaturated/α-hetero) is 1. The third-order valence-corrected chi connectivity index (χ3v) is 5.84. The number of likely N-dealkylation sites (tertiary alicyclic amines) is 1. The molecule has 0 N–H and O–H groups in total. The number of methoxy groups -OCH3 is 2. The van der Waals surface area contributed by atoms with E-state index in [2.05, 4.69) is 29.2 Å². The zero-order valence-electron chi connectivity index (χ0n) is 18.6. The van der Waals surface area contributed by atoms with Crippen LogP contribution < -0.4 is 9.47 Å². The van der Waals surface area contributed by atoms with Crippen molar-refractivity contribution in [3.63, 3.8) is 0 Å². The molecule has 1 heterocycles. The third kappa shape index (κ3) is 3.93. The summed E-state index contributed by atoms with van der Waals surface area (Å²) < 4.78 is 28.5. The van der Waals surface area contributed by atoms with Crippen LogP contribution >= 0.6 is 0 Å². The molecule has 0 bridgehead atoms. The Balaban J connectivity index is 1.44. The molecule has 2 aromatic rings. The Kier molecular flexibility index (Phi) is 4.96. The quantitative estimate of drug-likeness (QED) is 0.745. The molecule has 2 aromatic carbocycles. The average Bonchev–Trinajstić information content (AvgIpc) is 3.03. The van der Waals surface area contributed by atoms with Crippen LogP contribution in [0.3, 0.4) is 0 Å². The van der Waals surface area contributed by atoms with Crippen LogP contribution in [0.1, 0.15) is 43.5 Å². The molecule has 1 aliphatic carbocycles. The van der Waals surface area contributed by atoms with E-state index in [9.17, 15) is 4.79 Å². The van der Waals surface area contributed by atoms with Gasteiger partial charge in [0.05, 0.1) is 14.2 Å². The molecule has 2 atom stereocenters. The zero-order valence-corrected chi connectivity index (χ0v) is 16.6. The summed E-state index contributed by atoms with van der Waals surface area (Å²) in [6.07, 6.45) is 1.21. The number of rotatable bonds is 6. The molecule has 28 heavy (non-hydrogen) atoms. The first-order valence-corrected chi connectivity index (χ1v) is 9.94. The van der Waals surface area contributed by atoms with E-state index in [1.807, 2.05) is 6.07 Å². The van der Waals surface area contributed by atoms with Gasteiger partial charge < -0.3 is 9.47 Å². The van der Waals surface area contributed by atoms with E-state index in [1.54, 1.807) is 19.2 Å². The largest absolute Gasteiger partial charge is 0.493 e. The predicted molar refractivity (Wildman–Crippen MR) is 110 cm³/mol. The monoisotopic (exact) mass is 381 g/mol. The molecule has 0 amide bonds. The van der Waals surface area contributed by atoms with Gasteiger partial charge in [-0.05, 0) is 67.9 Å². The summed E-state index contributed by atoms with van der Waals surface area (Å²) in [4.78, 5) is 15.6. The molecule has 2 unspecified atom stereocenters. The van der Waals surface area contributed by atoms with E-state index in [0.29, 0.717) is 17.1 Å². The number of ether oxygens (including phenoxy) is 2. The van der Waals surface area contributed by atoms with Crippen molar-refractivity contribution in [2.45, 2.75) is 32.2 Å². The zero-order chi connectivity index (χ0) is 21.3. The minimum Gasteiger partial charge on any atom is -0.493 e. The van der Waals surface area contributed by atoms with Crippen molar-refractivity contribution in [1.29, 1.82) is 0 Å². The first kappa shape index (κ1) is 16.6. The molecule has 1 aliphatic heterocycles. The minimum atomic E-state index is -1.44. The first-order chi connectivity index (χ1) is 14.5.